The Morgan fingerprint density at radius 2 is 1.14 bits per heavy atom. The summed E-state index contributed by atoms with van der Waals surface area (Å²) in [5.41, 5.74) is 0. The quantitative estimate of drug-likeness (QED) is 0.348. The molecule has 4 heteroatoms. The summed E-state index contributed by atoms with van der Waals surface area (Å²) >= 11 is 0. The van der Waals surface area contributed by atoms with Crippen LogP contribution in [0.1, 0.15) is 84.0 Å². The van der Waals surface area contributed by atoms with Crippen molar-refractivity contribution in [2.45, 2.75) is 84.0 Å². The van der Waals surface area contributed by atoms with Crippen LogP contribution >= 0.6 is 0 Å². The van der Waals surface area contributed by atoms with E-state index in [1.807, 2.05) is 14.1 Å². The zero-order valence-electron chi connectivity index (χ0n) is 15.1. The molecule has 0 spiro atoms. The molecule has 0 aromatic heterocycles. The highest BCUT2D eigenvalue weighted by Gasteiger charge is 2.18. The second-order valence-electron chi connectivity index (χ2n) is 7.10. The lowest BCUT2D eigenvalue weighted by Crippen LogP contribution is -3.00. The van der Waals surface area contributed by atoms with E-state index in [4.69, 9.17) is 5.11 Å². The first kappa shape index (κ1) is 24.2. The number of aliphatic carboxylic acids is 1. The van der Waals surface area contributed by atoms with E-state index in [2.05, 4.69) is 6.92 Å². The van der Waals surface area contributed by atoms with E-state index < -0.39 is 5.97 Å². The van der Waals surface area contributed by atoms with Crippen molar-refractivity contribution in [3.63, 3.8) is 0 Å². The first-order valence-electron chi connectivity index (χ1n) is 9.02. The van der Waals surface area contributed by atoms with Crippen molar-refractivity contribution in [1.29, 1.82) is 0 Å². The molecule has 134 valence electrons. The smallest absolute Gasteiger partial charge is 0.359 e. The van der Waals surface area contributed by atoms with Gasteiger partial charge in [0.15, 0.2) is 6.54 Å². The number of hydrogen-bond donors (Lipinski definition) is 1. The minimum absolute atomic E-state index is 0. The van der Waals surface area contributed by atoms with Gasteiger partial charge < -0.3 is 26.6 Å². The van der Waals surface area contributed by atoms with Gasteiger partial charge in [-0.25, -0.2) is 4.79 Å². The predicted molar refractivity (Wildman–Crippen MR) is 90.6 cm³/mol. The van der Waals surface area contributed by atoms with Crippen LogP contribution in [-0.4, -0.2) is 42.7 Å². The average molecular weight is 380 g/mol. The lowest BCUT2D eigenvalue weighted by molar-refractivity contribution is -0.883. The fourth-order valence-corrected chi connectivity index (χ4v) is 2.83. The number of quaternary nitrogens is 1. The lowest BCUT2D eigenvalue weighted by atomic mass is 10.1. The van der Waals surface area contributed by atoms with Crippen LogP contribution in [0, 0.1) is 0 Å². The third-order valence-corrected chi connectivity index (χ3v) is 4.18. The molecule has 0 aliphatic rings. The van der Waals surface area contributed by atoms with Crippen LogP contribution in [0.3, 0.4) is 0 Å². The van der Waals surface area contributed by atoms with Gasteiger partial charge in [0.05, 0.1) is 20.6 Å². The number of halogens is 1. The standard InChI is InChI=1S/C18H37NO2.BrH/c1-4-5-6-7-8-9-10-11-12-13-14-15-16-19(2,3)17-18(20)21;/h4-17H2,1-3H3;1H. The second-order valence-corrected chi connectivity index (χ2v) is 7.10. The predicted octanol–water partition coefficient (Wildman–Crippen LogP) is 1.85. The Labute approximate surface area is 148 Å². The molecular formula is C18H38BrNO2. The molecule has 0 amide bonds. The Balaban J connectivity index is 0. The molecule has 1 N–H and O–H groups in total. The minimum atomic E-state index is -0.695. The molecule has 0 aliphatic heterocycles. The number of rotatable bonds is 15. The van der Waals surface area contributed by atoms with E-state index in [0.717, 1.165) is 13.0 Å². The maximum absolute atomic E-state index is 10.7. The Morgan fingerprint density at radius 1 is 0.773 bits per heavy atom. The average Bonchev–Trinajstić information content (AvgIpc) is 2.38. The summed E-state index contributed by atoms with van der Waals surface area (Å²) in [5, 5.41) is 8.82. The van der Waals surface area contributed by atoms with E-state index in [1.54, 1.807) is 0 Å². The molecule has 0 rings (SSSR count). The maximum Gasteiger partial charge on any atom is 0.359 e. The fraction of sp³-hybridized carbons (Fsp3) is 0.944. The van der Waals surface area contributed by atoms with Gasteiger partial charge in [0.2, 0.25) is 0 Å². The molecule has 3 nitrogen and oxygen atoms in total. The van der Waals surface area contributed by atoms with Crippen molar-refractivity contribution in [2.75, 3.05) is 27.2 Å². The second kappa shape index (κ2) is 15.8. The van der Waals surface area contributed by atoms with Gasteiger partial charge in [-0.3, -0.25) is 0 Å². The van der Waals surface area contributed by atoms with Crippen molar-refractivity contribution in [1.82, 2.24) is 0 Å². The molecule has 0 saturated heterocycles. The summed E-state index contributed by atoms with van der Waals surface area (Å²) < 4.78 is 0.604. The number of nitrogens with zero attached hydrogens (tertiary/aromatic N) is 1. The fourth-order valence-electron chi connectivity index (χ4n) is 2.83. The largest absolute Gasteiger partial charge is 1.00 e. The molecular weight excluding hydrogens is 342 g/mol. The van der Waals surface area contributed by atoms with Crippen molar-refractivity contribution >= 4 is 5.97 Å². The highest BCUT2D eigenvalue weighted by Crippen LogP contribution is 2.12. The zero-order chi connectivity index (χ0) is 16.0. The summed E-state index contributed by atoms with van der Waals surface area (Å²) in [6.45, 7) is 3.48. The molecule has 0 bridgehead atoms. The van der Waals surface area contributed by atoms with Gasteiger partial charge in [-0.15, -0.1) is 0 Å². The molecule has 0 aromatic carbocycles. The normalized spacial score (nSPS) is 11.2. The zero-order valence-corrected chi connectivity index (χ0v) is 16.7. The van der Waals surface area contributed by atoms with Crippen molar-refractivity contribution < 1.29 is 31.4 Å². The SMILES string of the molecule is CCCCCCCCCCCCCC[N+](C)(C)CC(=O)O.[Br-]. The summed E-state index contributed by atoms with van der Waals surface area (Å²) in [5.74, 6) is -0.695. The van der Waals surface area contributed by atoms with E-state index in [1.165, 1.54) is 70.6 Å². The summed E-state index contributed by atoms with van der Waals surface area (Å²) in [6, 6.07) is 0. The van der Waals surface area contributed by atoms with Gasteiger partial charge in [-0.1, -0.05) is 71.1 Å². The molecule has 0 aromatic rings. The van der Waals surface area contributed by atoms with Gasteiger partial charge >= 0.3 is 5.97 Å². The Kier molecular flexibility index (Phi) is 17.3. The van der Waals surface area contributed by atoms with Crippen molar-refractivity contribution in [2.24, 2.45) is 0 Å². The van der Waals surface area contributed by atoms with Crippen molar-refractivity contribution in [3.8, 4) is 0 Å². The molecule has 0 fully saturated rings. The topological polar surface area (TPSA) is 37.3 Å². The number of carboxylic acids is 1. The van der Waals surface area contributed by atoms with Crippen LogP contribution in [0.2, 0.25) is 0 Å². The van der Waals surface area contributed by atoms with Gasteiger partial charge in [-0.05, 0) is 12.8 Å². The molecule has 0 unspecified atom stereocenters. The molecule has 0 heterocycles. The summed E-state index contributed by atoms with van der Waals surface area (Å²) in [7, 11) is 4.01. The summed E-state index contributed by atoms with van der Waals surface area (Å²) in [6.07, 6.45) is 16.2. The molecule has 22 heavy (non-hydrogen) atoms. The van der Waals surface area contributed by atoms with Crippen LogP contribution < -0.4 is 17.0 Å². The van der Waals surface area contributed by atoms with Gasteiger partial charge in [0, 0.05) is 0 Å². The lowest BCUT2D eigenvalue weighted by Gasteiger charge is -2.27. The van der Waals surface area contributed by atoms with Crippen molar-refractivity contribution in [3.05, 3.63) is 0 Å². The van der Waals surface area contributed by atoms with E-state index in [0.29, 0.717) is 4.48 Å². The number of unbranched alkanes of at least 4 members (excludes halogenated alkanes) is 11. The van der Waals surface area contributed by atoms with E-state index in [-0.39, 0.29) is 23.5 Å². The first-order valence-corrected chi connectivity index (χ1v) is 9.02. The molecule has 0 atom stereocenters. The molecule has 0 aliphatic carbocycles. The third-order valence-electron chi connectivity index (χ3n) is 4.18. The highest BCUT2D eigenvalue weighted by molar-refractivity contribution is 5.67. The third kappa shape index (κ3) is 18.0. The number of likely N-dealkylation sites (N-methyl/N-ethyl adjacent to an activating group) is 1. The minimum Gasteiger partial charge on any atom is -1.00 e. The maximum atomic E-state index is 10.7. The van der Waals surface area contributed by atoms with E-state index >= 15 is 0 Å². The van der Waals surface area contributed by atoms with Crippen LogP contribution in [0.25, 0.3) is 0 Å². The van der Waals surface area contributed by atoms with Crippen LogP contribution in [0.4, 0.5) is 0 Å². The Bertz CT molecular complexity index is 257. The highest BCUT2D eigenvalue weighted by atomic mass is 79.9. The van der Waals surface area contributed by atoms with Crippen LogP contribution in [-0.2, 0) is 4.79 Å². The number of carboxylic acid groups (broad SMARTS) is 1. The van der Waals surface area contributed by atoms with Gasteiger partial charge in [-0.2, -0.15) is 0 Å². The first-order chi connectivity index (χ1) is 9.98. The van der Waals surface area contributed by atoms with Crippen LogP contribution in [0.15, 0.2) is 0 Å². The summed E-state index contributed by atoms with van der Waals surface area (Å²) in [4.78, 5) is 10.7. The monoisotopic (exact) mass is 379 g/mol. The van der Waals surface area contributed by atoms with Crippen LogP contribution in [0.5, 0.6) is 0 Å². The molecule has 0 saturated carbocycles. The molecule has 0 radical (unpaired) electrons. The number of hydrogen-bond acceptors (Lipinski definition) is 1. The van der Waals surface area contributed by atoms with Gasteiger partial charge in [0.25, 0.3) is 0 Å². The van der Waals surface area contributed by atoms with Gasteiger partial charge in [0.1, 0.15) is 0 Å². The van der Waals surface area contributed by atoms with E-state index in [9.17, 15) is 4.79 Å². The Morgan fingerprint density at radius 3 is 1.50 bits per heavy atom. The Hall–Kier alpha value is -0.0900. The number of carbonyl (C=O) groups is 1.